The van der Waals surface area contributed by atoms with E-state index in [-0.39, 0.29) is 18.0 Å². The summed E-state index contributed by atoms with van der Waals surface area (Å²) in [5.41, 5.74) is 0.528. The fraction of sp³-hybridized carbons (Fsp3) is 0.200. The van der Waals surface area contributed by atoms with Crippen LogP contribution in [-0.4, -0.2) is 20.1 Å². The van der Waals surface area contributed by atoms with Gasteiger partial charge in [-0.15, -0.1) is 0 Å². The zero-order valence-electron chi connectivity index (χ0n) is 11.5. The average molecular weight is 305 g/mol. The molecule has 0 unspecified atom stereocenters. The predicted octanol–water partition coefficient (Wildman–Crippen LogP) is 1.41. The molecule has 1 aromatic carbocycles. The van der Waals surface area contributed by atoms with Crippen LogP contribution in [0.25, 0.3) is 0 Å². The van der Waals surface area contributed by atoms with Crippen molar-refractivity contribution in [2.45, 2.75) is 18.4 Å². The molecular formula is C15H15NO4S. The number of nitrogens with one attached hydrogen (secondary N) is 1. The second-order valence-electron chi connectivity index (χ2n) is 4.32. The summed E-state index contributed by atoms with van der Waals surface area (Å²) in [6.45, 7) is 1.61. The maximum Gasteiger partial charge on any atom is 0.241 e. The van der Waals surface area contributed by atoms with Crippen LogP contribution in [0.4, 0.5) is 0 Å². The molecule has 0 aliphatic rings. The van der Waals surface area contributed by atoms with Gasteiger partial charge in [0.2, 0.25) is 10.0 Å². The Labute approximate surface area is 123 Å². The number of aliphatic hydroxyl groups excluding tert-OH is 1. The molecule has 0 bridgehead atoms. The lowest BCUT2D eigenvalue weighted by atomic mass is 10.2. The molecular weight excluding hydrogens is 290 g/mol. The van der Waals surface area contributed by atoms with Gasteiger partial charge in [-0.05, 0) is 37.3 Å². The number of benzene rings is 1. The molecule has 0 saturated heterocycles. The number of aryl methyl sites for hydroxylation is 1. The van der Waals surface area contributed by atoms with Gasteiger partial charge >= 0.3 is 0 Å². The third kappa shape index (κ3) is 4.20. The molecule has 6 heteroatoms. The lowest BCUT2D eigenvalue weighted by Gasteiger charge is -2.05. The van der Waals surface area contributed by atoms with E-state index in [0.717, 1.165) is 5.76 Å². The highest BCUT2D eigenvalue weighted by atomic mass is 32.2. The molecule has 0 atom stereocenters. The zero-order valence-corrected chi connectivity index (χ0v) is 12.3. The Hall–Kier alpha value is -2.07. The number of hydrogen-bond donors (Lipinski definition) is 2. The normalized spacial score (nSPS) is 11.0. The van der Waals surface area contributed by atoms with Crippen molar-refractivity contribution in [2.24, 2.45) is 0 Å². The van der Waals surface area contributed by atoms with Crippen LogP contribution in [0.5, 0.6) is 0 Å². The number of hydrogen-bond acceptors (Lipinski definition) is 4. The molecule has 2 rings (SSSR count). The van der Waals surface area contributed by atoms with Gasteiger partial charge in [0.1, 0.15) is 18.1 Å². The van der Waals surface area contributed by atoms with Gasteiger partial charge in [0.05, 0.1) is 11.4 Å². The van der Waals surface area contributed by atoms with Crippen LogP contribution in [0.15, 0.2) is 45.7 Å². The van der Waals surface area contributed by atoms with Gasteiger partial charge in [-0.2, -0.15) is 0 Å². The summed E-state index contributed by atoms with van der Waals surface area (Å²) >= 11 is 0. The molecule has 0 amide bonds. The highest BCUT2D eigenvalue weighted by Gasteiger charge is 2.14. The van der Waals surface area contributed by atoms with Crippen LogP contribution in [0.3, 0.4) is 0 Å². The molecule has 0 radical (unpaired) electrons. The molecule has 0 aliphatic carbocycles. The van der Waals surface area contributed by atoms with Gasteiger partial charge in [-0.25, -0.2) is 13.1 Å². The maximum absolute atomic E-state index is 12.2. The molecule has 0 spiro atoms. The van der Waals surface area contributed by atoms with Crippen molar-refractivity contribution in [1.29, 1.82) is 0 Å². The molecule has 5 nitrogen and oxygen atoms in total. The number of rotatable bonds is 4. The maximum atomic E-state index is 12.2. The highest BCUT2D eigenvalue weighted by molar-refractivity contribution is 7.89. The number of furan rings is 1. The topological polar surface area (TPSA) is 79.5 Å². The smallest absolute Gasteiger partial charge is 0.241 e. The molecule has 0 aliphatic heterocycles. The Morgan fingerprint density at radius 3 is 2.76 bits per heavy atom. The molecule has 21 heavy (non-hydrogen) atoms. The summed E-state index contributed by atoms with van der Waals surface area (Å²) in [6, 6.07) is 9.72. The van der Waals surface area contributed by atoms with Crippen molar-refractivity contribution in [2.75, 3.05) is 6.61 Å². The first kappa shape index (κ1) is 15.3. The standard InChI is InChI=1S/C15H15NO4S/c1-12-7-8-14(20-12)11-16-21(18,19)15-6-2-4-13(10-15)5-3-9-17/h2,4,6-8,10,16-17H,9,11H2,1H3. The predicted molar refractivity (Wildman–Crippen MR) is 77.9 cm³/mol. The molecule has 1 heterocycles. The van der Waals surface area contributed by atoms with Crippen LogP contribution in [0.2, 0.25) is 0 Å². The van der Waals surface area contributed by atoms with E-state index in [2.05, 4.69) is 16.6 Å². The largest absolute Gasteiger partial charge is 0.465 e. The summed E-state index contributed by atoms with van der Waals surface area (Å²) in [6.07, 6.45) is 0. The van der Waals surface area contributed by atoms with E-state index in [1.165, 1.54) is 12.1 Å². The average Bonchev–Trinajstić information content (AvgIpc) is 2.89. The number of sulfonamides is 1. The molecule has 2 N–H and O–H groups in total. The van der Waals surface area contributed by atoms with Crippen LogP contribution >= 0.6 is 0 Å². The Morgan fingerprint density at radius 2 is 2.10 bits per heavy atom. The molecule has 0 saturated carbocycles. The van der Waals surface area contributed by atoms with Crippen molar-refractivity contribution in [3.8, 4) is 11.8 Å². The summed E-state index contributed by atoms with van der Waals surface area (Å²) in [5.74, 6) is 6.43. The fourth-order valence-electron chi connectivity index (χ4n) is 1.71. The summed E-state index contributed by atoms with van der Waals surface area (Å²) in [7, 11) is -3.64. The minimum absolute atomic E-state index is 0.0860. The lowest BCUT2D eigenvalue weighted by Crippen LogP contribution is -2.23. The van der Waals surface area contributed by atoms with Crippen molar-refractivity contribution in [3.63, 3.8) is 0 Å². The SMILES string of the molecule is Cc1ccc(CNS(=O)(=O)c2cccc(C#CCO)c2)o1. The molecule has 1 aromatic heterocycles. The van der Waals surface area contributed by atoms with Crippen molar-refractivity contribution in [1.82, 2.24) is 4.72 Å². The minimum Gasteiger partial charge on any atom is -0.465 e. The monoisotopic (exact) mass is 305 g/mol. The summed E-state index contributed by atoms with van der Waals surface area (Å²) in [4.78, 5) is 0.121. The van der Waals surface area contributed by atoms with Gasteiger partial charge in [0.25, 0.3) is 0 Å². The summed E-state index contributed by atoms with van der Waals surface area (Å²) < 4.78 is 32.2. The van der Waals surface area contributed by atoms with Gasteiger partial charge < -0.3 is 9.52 Å². The van der Waals surface area contributed by atoms with Crippen LogP contribution in [-0.2, 0) is 16.6 Å². The second-order valence-corrected chi connectivity index (χ2v) is 6.09. The van der Waals surface area contributed by atoms with Crippen molar-refractivity contribution < 1.29 is 17.9 Å². The lowest BCUT2D eigenvalue weighted by molar-refractivity contribution is 0.350. The first-order chi connectivity index (χ1) is 10.0. The van der Waals surface area contributed by atoms with E-state index >= 15 is 0 Å². The van der Waals surface area contributed by atoms with Crippen molar-refractivity contribution in [3.05, 3.63) is 53.5 Å². The fourth-order valence-corrected chi connectivity index (χ4v) is 2.75. The molecule has 110 valence electrons. The first-order valence-corrected chi connectivity index (χ1v) is 7.74. The molecule has 2 aromatic rings. The zero-order chi connectivity index (χ0) is 15.3. The second kappa shape index (κ2) is 6.59. The first-order valence-electron chi connectivity index (χ1n) is 6.26. The van der Waals surface area contributed by atoms with E-state index in [1.54, 1.807) is 31.2 Å². The third-order valence-electron chi connectivity index (χ3n) is 2.69. The van der Waals surface area contributed by atoms with Gasteiger partial charge in [-0.1, -0.05) is 17.9 Å². The van der Waals surface area contributed by atoms with Gasteiger partial charge in [-0.3, -0.25) is 0 Å². The Bertz CT molecular complexity index is 781. The minimum atomic E-state index is -3.64. The number of aliphatic hydroxyl groups is 1. The van der Waals surface area contributed by atoms with E-state index < -0.39 is 10.0 Å². The Morgan fingerprint density at radius 1 is 1.29 bits per heavy atom. The van der Waals surface area contributed by atoms with Crippen LogP contribution in [0, 0.1) is 18.8 Å². The highest BCUT2D eigenvalue weighted by Crippen LogP contribution is 2.12. The van der Waals surface area contributed by atoms with E-state index in [0.29, 0.717) is 11.3 Å². The van der Waals surface area contributed by atoms with E-state index in [1.807, 2.05) is 0 Å². The van der Waals surface area contributed by atoms with Crippen molar-refractivity contribution >= 4 is 10.0 Å². The quantitative estimate of drug-likeness (QED) is 0.837. The van der Waals surface area contributed by atoms with E-state index in [4.69, 9.17) is 9.52 Å². The third-order valence-corrected chi connectivity index (χ3v) is 4.09. The Kier molecular flexibility index (Phi) is 4.81. The van der Waals surface area contributed by atoms with Gasteiger partial charge in [0.15, 0.2) is 0 Å². The van der Waals surface area contributed by atoms with E-state index in [9.17, 15) is 8.42 Å². The van der Waals surface area contributed by atoms with Crippen LogP contribution < -0.4 is 4.72 Å². The summed E-state index contributed by atoms with van der Waals surface area (Å²) in [5, 5.41) is 8.65. The van der Waals surface area contributed by atoms with Gasteiger partial charge in [0, 0.05) is 5.56 Å². The molecule has 0 fully saturated rings. The Balaban J connectivity index is 2.15. The van der Waals surface area contributed by atoms with Crippen LogP contribution in [0.1, 0.15) is 17.1 Å².